The molecule has 0 aliphatic carbocycles. The van der Waals surface area contributed by atoms with Crippen molar-refractivity contribution in [2.45, 2.75) is 27.2 Å². The predicted octanol–water partition coefficient (Wildman–Crippen LogP) is 4.47. The maximum atomic E-state index is 11.9. The van der Waals surface area contributed by atoms with Crippen molar-refractivity contribution in [2.75, 3.05) is 6.61 Å². The first-order valence-electron chi connectivity index (χ1n) is 8.19. The smallest absolute Gasteiger partial charge is 0.312 e. The highest BCUT2D eigenvalue weighted by atomic mass is 16.5. The number of nitrogens with zero attached hydrogens (tertiary/aromatic N) is 4. The van der Waals surface area contributed by atoms with E-state index in [1.807, 2.05) is 60.8 Å². The van der Waals surface area contributed by atoms with Gasteiger partial charge in [0.25, 0.3) is 0 Å². The SMILES string of the molecule is CCOC(=O)Cc1nc2c(C)cccn2c1N=Nc1ccc(C)cc1. The number of imidazole rings is 1. The number of aromatic nitrogens is 2. The first-order chi connectivity index (χ1) is 12.1. The molecule has 0 N–H and O–H groups in total. The normalized spacial score (nSPS) is 11.3. The summed E-state index contributed by atoms with van der Waals surface area (Å²) >= 11 is 0. The quantitative estimate of drug-likeness (QED) is 0.510. The number of rotatable bonds is 5. The number of hydrogen-bond acceptors (Lipinski definition) is 5. The van der Waals surface area contributed by atoms with Crippen molar-refractivity contribution in [1.82, 2.24) is 9.38 Å². The monoisotopic (exact) mass is 336 g/mol. The van der Waals surface area contributed by atoms with Crippen LogP contribution < -0.4 is 0 Å². The van der Waals surface area contributed by atoms with E-state index in [1.165, 1.54) is 0 Å². The van der Waals surface area contributed by atoms with Gasteiger partial charge in [-0.05, 0) is 44.5 Å². The van der Waals surface area contributed by atoms with Crippen LogP contribution in [0.1, 0.15) is 23.7 Å². The molecule has 1 aromatic carbocycles. The van der Waals surface area contributed by atoms with Crippen LogP contribution in [0.25, 0.3) is 5.65 Å². The van der Waals surface area contributed by atoms with Gasteiger partial charge < -0.3 is 4.74 Å². The summed E-state index contributed by atoms with van der Waals surface area (Å²) in [6, 6.07) is 11.6. The number of pyridine rings is 1. The first-order valence-corrected chi connectivity index (χ1v) is 8.19. The number of hydrogen-bond donors (Lipinski definition) is 0. The van der Waals surface area contributed by atoms with Crippen LogP contribution in [0.3, 0.4) is 0 Å². The summed E-state index contributed by atoms with van der Waals surface area (Å²) in [5, 5.41) is 8.66. The fourth-order valence-electron chi connectivity index (χ4n) is 2.53. The lowest BCUT2D eigenvalue weighted by Crippen LogP contribution is -2.07. The van der Waals surface area contributed by atoms with Crippen LogP contribution in [0.5, 0.6) is 0 Å². The minimum Gasteiger partial charge on any atom is -0.466 e. The van der Waals surface area contributed by atoms with Crippen LogP contribution in [-0.2, 0) is 16.0 Å². The lowest BCUT2D eigenvalue weighted by atomic mass is 10.2. The van der Waals surface area contributed by atoms with E-state index in [1.54, 1.807) is 6.92 Å². The van der Waals surface area contributed by atoms with Crippen LogP contribution in [0.2, 0.25) is 0 Å². The molecule has 0 fully saturated rings. The Morgan fingerprint density at radius 2 is 1.92 bits per heavy atom. The van der Waals surface area contributed by atoms with E-state index in [0.717, 1.165) is 22.5 Å². The maximum Gasteiger partial charge on any atom is 0.312 e. The molecule has 0 atom stereocenters. The van der Waals surface area contributed by atoms with Gasteiger partial charge in [0.2, 0.25) is 0 Å². The first kappa shape index (κ1) is 16.8. The van der Waals surface area contributed by atoms with Gasteiger partial charge in [-0.25, -0.2) is 4.98 Å². The van der Waals surface area contributed by atoms with Gasteiger partial charge in [0.1, 0.15) is 5.65 Å². The third kappa shape index (κ3) is 3.74. The number of carbonyl (C=O) groups excluding carboxylic acids is 1. The molecule has 2 aromatic heterocycles. The van der Waals surface area contributed by atoms with Gasteiger partial charge in [-0.1, -0.05) is 23.8 Å². The lowest BCUT2D eigenvalue weighted by molar-refractivity contribution is -0.142. The standard InChI is InChI=1S/C19H20N4O2/c1-4-25-17(24)12-16-19(22-21-15-9-7-13(2)8-10-15)23-11-5-6-14(3)18(23)20-16/h5-11H,4,12H2,1-3H3. The Bertz CT molecular complexity index is 926. The van der Waals surface area contributed by atoms with Gasteiger partial charge >= 0.3 is 5.97 Å². The largest absolute Gasteiger partial charge is 0.466 e. The van der Waals surface area contributed by atoms with E-state index in [2.05, 4.69) is 15.2 Å². The highest BCUT2D eigenvalue weighted by Gasteiger charge is 2.17. The van der Waals surface area contributed by atoms with E-state index in [-0.39, 0.29) is 12.4 Å². The highest BCUT2D eigenvalue weighted by Crippen LogP contribution is 2.26. The zero-order chi connectivity index (χ0) is 17.8. The fraction of sp³-hybridized carbons (Fsp3) is 0.263. The molecule has 128 valence electrons. The van der Waals surface area contributed by atoms with Gasteiger partial charge in [0, 0.05) is 6.20 Å². The predicted molar refractivity (Wildman–Crippen MR) is 95.6 cm³/mol. The molecule has 2 heterocycles. The van der Waals surface area contributed by atoms with Gasteiger partial charge in [-0.3, -0.25) is 9.20 Å². The van der Waals surface area contributed by atoms with Crippen LogP contribution in [0, 0.1) is 13.8 Å². The summed E-state index contributed by atoms with van der Waals surface area (Å²) in [5.41, 5.74) is 4.23. The number of esters is 1. The van der Waals surface area contributed by atoms with E-state index >= 15 is 0 Å². The maximum absolute atomic E-state index is 11.9. The minimum absolute atomic E-state index is 0.0667. The van der Waals surface area contributed by atoms with Crippen molar-refractivity contribution in [3.05, 3.63) is 59.4 Å². The number of azo groups is 1. The highest BCUT2D eigenvalue weighted by molar-refractivity contribution is 5.74. The van der Waals surface area contributed by atoms with Gasteiger partial charge in [0.05, 0.1) is 24.4 Å². The number of fused-ring (bicyclic) bond motifs is 1. The Labute approximate surface area is 146 Å². The van der Waals surface area contributed by atoms with Gasteiger partial charge in [-0.2, -0.15) is 0 Å². The Balaban J connectivity index is 2.02. The second-order valence-corrected chi connectivity index (χ2v) is 5.78. The fourth-order valence-corrected chi connectivity index (χ4v) is 2.53. The topological polar surface area (TPSA) is 68.3 Å². The number of aryl methyl sites for hydroxylation is 2. The third-order valence-electron chi connectivity index (χ3n) is 3.80. The molecule has 0 saturated carbocycles. The molecule has 0 spiro atoms. The Morgan fingerprint density at radius 3 is 2.64 bits per heavy atom. The zero-order valence-corrected chi connectivity index (χ0v) is 14.6. The molecule has 0 radical (unpaired) electrons. The molecule has 0 bridgehead atoms. The molecule has 0 saturated heterocycles. The molecule has 3 rings (SSSR count). The number of carbonyl (C=O) groups is 1. The molecular weight excluding hydrogens is 316 g/mol. The Morgan fingerprint density at radius 1 is 1.16 bits per heavy atom. The summed E-state index contributed by atoms with van der Waals surface area (Å²) < 4.78 is 6.89. The molecule has 0 amide bonds. The van der Waals surface area contributed by atoms with Crippen LogP contribution >= 0.6 is 0 Å². The number of ether oxygens (including phenoxy) is 1. The van der Waals surface area contributed by atoms with Crippen molar-refractivity contribution in [2.24, 2.45) is 10.2 Å². The third-order valence-corrected chi connectivity index (χ3v) is 3.80. The van der Waals surface area contributed by atoms with Crippen molar-refractivity contribution in [1.29, 1.82) is 0 Å². The molecule has 6 heteroatoms. The van der Waals surface area contributed by atoms with Crippen LogP contribution in [-0.4, -0.2) is 22.0 Å². The Kier molecular flexibility index (Phi) is 4.88. The average Bonchev–Trinajstić information content (AvgIpc) is 2.93. The number of benzene rings is 1. The van der Waals surface area contributed by atoms with E-state index < -0.39 is 0 Å². The molecule has 25 heavy (non-hydrogen) atoms. The summed E-state index contributed by atoms with van der Waals surface area (Å²) in [4.78, 5) is 16.5. The lowest BCUT2D eigenvalue weighted by Gasteiger charge is -2.01. The van der Waals surface area contributed by atoms with Crippen molar-refractivity contribution in [3.63, 3.8) is 0 Å². The second-order valence-electron chi connectivity index (χ2n) is 5.78. The summed E-state index contributed by atoms with van der Waals surface area (Å²) in [6.07, 6.45) is 1.94. The summed E-state index contributed by atoms with van der Waals surface area (Å²) in [5.74, 6) is 0.225. The Hall–Kier alpha value is -3.02. The van der Waals surface area contributed by atoms with Crippen molar-refractivity contribution in [3.8, 4) is 0 Å². The summed E-state index contributed by atoms with van der Waals surface area (Å²) in [6.45, 7) is 6.11. The molecule has 0 unspecified atom stereocenters. The van der Waals surface area contributed by atoms with E-state index in [4.69, 9.17) is 4.74 Å². The minimum atomic E-state index is -0.324. The molecule has 3 aromatic rings. The summed E-state index contributed by atoms with van der Waals surface area (Å²) in [7, 11) is 0. The van der Waals surface area contributed by atoms with Crippen LogP contribution in [0.15, 0.2) is 52.8 Å². The van der Waals surface area contributed by atoms with Crippen molar-refractivity contribution < 1.29 is 9.53 Å². The molecule has 0 aliphatic rings. The molecular formula is C19H20N4O2. The van der Waals surface area contributed by atoms with Gasteiger partial charge in [-0.15, -0.1) is 10.2 Å². The van der Waals surface area contributed by atoms with Crippen LogP contribution in [0.4, 0.5) is 11.5 Å². The van der Waals surface area contributed by atoms with E-state index in [0.29, 0.717) is 18.1 Å². The second kappa shape index (κ2) is 7.25. The van der Waals surface area contributed by atoms with Gasteiger partial charge in [0.15, 0.2) is 5.82 Å². The van der Waals surface area contributed by atoms with E-state index in [9.17, 15) is 4.79 Å². The van der Waals surface area contributed by atoms with Crippen molar-refractivity contribution >= 4 is 23.1 Å². The zero-order valence-electron chi connectivity index (χ0n) is 14.6. The molecule has 0 aliphatic heterocycles. The average molecular weight is 336 g/mol. The molecule has 6 nitrogen and oxygen atoms in total.